The number of rotatable bonds is 7. The van der Waals surface area contributed by atoms with E-state index in [2.05, 4.69) is 65.6 Å². The van der Waals surface area contributed by atoms with Crippen LogP contribution in [0.5, 0.6) is 0 Å². The molecule has 3 aromatic rings. The van der Waals surface area contributed by atoms with Crippen LogP contribution in [0.2, 0.25) is 0 Å². The quantitative estimate of drug-likeness (QED) is 0.365. The molecule has 4 nitrogen and oxygen atoms in total. The average molecular weight is 473 g/mol. The number of benzene rings is 1. The molecule has 4 rings (SSSR count). The van der Waals surface area contributed by atoms with Gasteiger partial charge in [0.2, 0.25) is 0 Å². The zero-order valence-electron chi connectivity index (χ0n) is 22.4. The average Bonchev–Trinajstić information content (AvgIpc) is 3.26. The lowest BCUT2D eigenvalue weighted by Gasteiger charge is -2.42. The lowest BCUT2D eigenvalue weighted by molar-refractivity contribution is 0.0686. The van der Waals surface area contributed by atoms with Crippen LogP contribution in [-0.2, 0) is 23.8 Å². The molecule has 186 valence electrons. The second-order valence-corrected chi connectivity index (χ2v) is 11.9. The number of carbonyl (C=O) groups is 1. The summed E-state index contributed by atoms with van der Waals surface area (Å²) in [7, 11) is 0. The first-order chi connectivity index (χ1) is 16.5. The molecule has 1 aliphatic rings. The van der Waals surface area contributed by atoms with Gasteiger partial charge in [-0.2, -0.15) is 0 Å². The minimum atomic E-state index is -0.0827. The SMILES string of the molecule is Cc1cc2c(cc1Cc1ccc(C(=O)N(Cc3ccccn3)CC(C)C)o1)C(C)(C)CCC2(C)C. The Morgan fingerprint density at radius 2 is 1.71 bits per heavy atom. The van der Waals surface area contributed by atoms with Gasteiger partial charge in [-0.15, -0.1) is 0 Å². The van der Waals surface area contributed by atoms with Crippen molar-refractivity contribution in [3.63, 3.8) is 0 Å². The van der Waals surface area contributed by atoms with Gasteiger partial charge in [0.05, 0.1) is 12.2 Å². The number of amides is 1. The molecule has 0 bridgehead atoms. The van der Waals surface area contributed by atoms with Gasteiger partial charge in [0.1, 0.15) is 5.76 Å². The Hall–Kier alpha value is -2.88. The molecule has 0 spiro atoms. The van der Waals surface area contributed by atoms with E-state index >= 15 is 0 Å². The van der Waals surface area contributed by atoms with Crippen LogP contribution in [-0.4, -0.2) is 22.3 Å². The van der Waals surface area contributed by atoms with Gasteiger partial charge in [-0.1, -0.05) is 59.7 Å². The van der Waals surface area contributed by atoms with Crippen molar-refractivity contribution in [1.29, 1.82) is 0 Å². The molecule has 1 aliphatic carbocycles. The second kappa shape index (κ2) is 9.64. The molecule has 0 saturated carbocycles. The van der Waals surface area contributed by atoms with E-state index in [-0.39, 0.29) is 16.7 Å². The number of nitrogens with zero attached hydrogens (tertiary/aromatic N) is 2. The first-order valence-electron chi connectivity index (χ1n) is 12.9. The van der Waals surface area contributed by atoms with Gasteiger partial charge in [-0.25, -0.2) is 0 Å². The van der Waals surface area contributed by atoms with E-state index in [0.717, 1.165) is 11.5 Å². The first-order valence-corrected chi connectivity index (χ1v) is 12.9. The van der Waals surface area contributed by atoms with Gasteiger partial charge in [0.25, 0.3) is 5.91 Å². The Bertz CT molecular complexity index is 1190. The van der Waals surface area contributed by atoms with E-state index in [1.807, 2.05) is 35.2 Å². The van der Waals surface area contributed by atoms with Crippen LogP contribution in [0.25, 0.3) is 0 Å². The molecule has 0 unspecified atom stereocenters. The maximum Gasteiger partial charge on any atom is 0.289 e. The fourth-order valence-electron chi connectivity index (χ4n) is 5.24. The normalized spacial score (nSPS) is 16.2. The predicted octanol–water partition coefficient (Wildman–Crippen LogP) is 7.22. The predicted molar refractivity (Wildman–Crippen MR) is 142 cm³/mol. The lowest BCUT2D eigenvalue weighted by atomic mass is 9.62. The molecule has 0 fully saturated rings. The van der Waals surface area contributed by atoms with Crippen molar-refractivity contribution in [2.45, 2.75) is 85.1 Å². The van der Waals surface area contributed by atoms with E-state index in [4.69, 9.17) is 4.42 Å². The van der Waals surface area contributed by atoms with Crippen molar-refractivity contribution < 1.29 is 9.21 Å². The van der Waals surface area contributed by atoms with Crippen LogP contribution in [0.4, 0.5) is 0 Å². The van der Waals surface area contributed by atoms with Gasteiger partial charge < -0.3 is 9.32 Å². The highest BCUT2D eigenvalue weighted by Crippen LogP contribution is 2.46. The minimum Gasteiger partial charge on any atom is -0.456 e. The molecule has 35 heavy (non-hydrogen) atoms. The number of aryl methyl sites for hydroxylation is 1. The number of fused-ring (bicyclic) bond motifs is 1. The molecular weight excluding hydrogens is 432 g/mol. The van der Waals surface area contributed by atoms with Crippen LogP contribution in [0.15, 0.2) is 53.1 Å². The number of aromatic nitrogens is 1. The summed E-state index contributed by atoms with van der Waals surface area (Å²) in [6, 6.07) is 14.4. The molecular formula is C31H40N2O2. The maximum absolute atomic E-state index is 13.4. The van der Waals surface area contributed by atoms with Crippen LogP contribution < -0.4 is 0 Å². The fraction of sp³-hybridized carbons (Fsp3) is 0.484. The Kier molecular flexibility index (Phi) is 6.95. The van der Waals surface area contributed by atoms with Gasteiger partial charge in [0, 0.05) is 19.2 Å². The highest BCUT2D eigenvalue weighted by molar-refractivity contribution is 5.91. The smallest absolute Gasteiger partial charge is 0.289 e. The highest BCUT2D eigenvalue weighted by Gasteiger charge is 2.37. The van der Waals surface area contributed by atoms with E-state index in [9.17, 15) is 4.79 Å². The highest BCUT2D eigenvalue weighted by atomic mass is 16.4. The molecule has 0 saturated heterocycles. The van der Waals surface area contributed by atoms with Crippen LogP contribution in [0, 0.1) is 12.8 Å². The topological polar surface area (TPSA) is 46.3 Å². The van der Waals surface area contributed by atoms with Gasteiger partial charge in [-0.05, 0) is 83.0 Å². The standard InChI is InChI=1S/C31H40N2O2/c1-21(2)19-33(20-24-10-8-9-15-32-24)29(34)28-12-11-25(35-28)17-23-18-27-26(16-22(23)3)30(4,5)13-14-31(27,6)7/h8-12,15-16,18,21H,13-14,17,19-20H2,1-7H3. The van der Waals surface area contributed by atoms with Crippen molar-refractivity contribution in [2.24, 2.45) is 5.92 Å². The van der Waals surface area contributed by atoms with Crippen molar-refractivity contribution in [1.82, 2.24) is 9.88 Å². The summed E-state index contributed by atoms with van der Waals surface area (Å²) in [6.45, 7) is 17.0. The van der Waals surface area contributed by atoms with E-state index < -0.39 is 0 Å². The number of carbonyl (C=O) groups excluding carboxylic acids is 1. The molecule has 0 N–H and O–H groups in total. The van der Waals surface area contributed by atoms with Crippen molar-refractivity contribution in [3.8, 4) is 0 Å². The fourth-order valence-corrected chi connectivity index (χ4v) is 5.24. The largest absolute Gasteiger partial charge is 0.456 e. The Labute approximate surface area is 210 Å². The van der Waals surface area contributed by atoms with Crippen LogP contribution in [0.1, 0.15) is 98.6 Å². The number of hydrogen-bond donors (Lipinski definition) is 0. The maximum atomic E-state index is 13.4. The summed E-state index contributed by atoms with van der Waals surface area (Å²) in [5, 5.41) is 0. The summed E-state index contributed by atoms with van der Waals surface area (Å²) in [5.74, 6) is 1.49. The molecule has 2 heterocycles. The monoisotopic (exact) mass is 472 g/mol. The second-order valence-electron chi connectivity index (χ2n) is 11.9. The molecule has 2 aromatic heterocycles. The Balaban J connectivity index is 1.57. The Morgan fingerprint density at radius 1 is 1.03 bits per heavy atom. The van der Waals surface area contributed by atoms with Crippen molar-refractivity contribution in [3.05, 3.63) is 88.1 Å². The first kappa shape index (κ1) is 25.2. The van der Waals surface area contributed by atoms with Gasteiger partial charge in [0.15, 0.2) is 5.76 Å². The molecule has 1 aromatic carbocycles. The molecule has 0 radical (unpaired) electrons. The minimum absolute atomic E-state index is 0.0827. The molecule has 1 amide bonds. The van der Waals surface area contributed by atoms with Crippen molar-refractivity contribution >= 4 is 5.91 Å². The molecule has 0 aliphatic heterocycles. The third-order valence-electron chi connectivity index (χ3n) is 7.50. The third kappa shape index (κ3) is 5.52. The number of pyridine rings is 1. The summed E-state index contributed by atoms with van der Waals surface area (Å²) in [4.78, 5) is 19.6. The summed E-state index contributed by atoms with van der Waals surface area (Å²) >= 11 is 0. The summed E-state index contributed by atoms with van der Waals surface area (Å²) < 4.78 is 6.13. The summed E-state index contributed by atoms with van der Waals surface area (Å²) in [6.07, 6.45) is 4.85. The van der Waals surface area contributed by atoms with Crippen molar-refractivity contribution in [2.75, 3.05) is 6.54 Å². The van der Waals surface area contributed by atoms with Crippen LogP contribution in [0.3, 0.4) is 0 Å². The third-order valence-corrected chi connectivity index (χ3v) is 7.50. The van der Waals surface area contributed by atoms with Crippen LogP contribution >= 0.6 is 0 Å². The van der Waals surface area contributed by atoms with E-state index in [0.29, 0.717) is 31.2 Å². The van der Waals surface area contributed by atoms with Gasteiger partial charge >= 0.3 is 0 Å². The molecule has 4 heteroatoms. The molecule has 0 atom stereocenters. The summed E-state index contributed by atoms with van der Waals surface area (Å²) in [5.41, 5.74) is 6.74. The lowest BCUT2D eigenvalue weighted by Crippen LogP contribution is -2.34. The van der Waals surface area contributed by atoms with Gasteiger partial charge in [-0.3, -0.25) is 9.78 Å². The zero-order chi connectivity index (χ0) is 25.4. The number of hydrogen-bond acceptors (Lipinski definition) is 3. The zero-order valence-corrected chi connectivity index (χ0v) is 22.4. The number of furan rings is 1. The Morgan fingerprint density at radius 3 is 2.34 bits per heavy atom. The van der Waals surface area contributed by atoms with E-state index in [1.165, 1.54) is 35.1 Å². The van der Waals surface area contributed by atoms with E-state index in [1.54, 1.807) is 6.20 Å².